The Bertz CT molecular complexity index is 244. The Morgan fingerprint density at radius 3 is 2.31 bits per heavy atom. The fraction of sp³-hybridized carbons (Fsp3) is 0.400. The van der Waals surface area contributed by atoms with Crippen LogP contribution in [0.25, 0.3) is 0 Å². The van der Waals surface area contributed by atoms with Crippen molar-refractivity contribution >= 4 is 33.2 Å². The van der Waals surface area contributed by atoms with Crippen LogP contribution in [0.2, 0.25) is 0 Å². The van der Waals surface area contributed by atoms with Crippen molar-refractivity contribution in [3.8, 4) is 0 Å². The van der Waals surface area contributed by atoms with E-state index in [2.05, 4.69) is 38.1 Å². The molecule has 1 aromatic carbocycles. The first-order chi connectivity index (χ1) is 6.22. The second kappa shape index (κ2) is 5.84. The lowest BCUT2D eigenvalue weighted by Crippen LogP contribution is -1.81. The molecule has 0 radical (unpaired) electrons. The van der Waals surface area contributed by atoms with Gasteiger partial charge in [-0.15, -0.1) is 11.6 Å². The van der Waals surface area contributed by atoms with Crippen molar-refractivity contribution in [1.29, 1.82) is 0 Å². The van der Waals surface area contributed by atoms with E-state index in [4.69, 9.17) is 11.6 Å². The van der Waals surface area contributed by atoms with Crippen molar-refractivity contribution in [2.24, 2.45) is 0 Å². The number of hydrogen-bond donors (Lipinski definition) is 0. The molecule has 0 saturated heterocycles. The van der Waals surface area contributed by atoms with Gasteiger partial charge in [0.1, 0.15) is 0 Å². The first-order valence-electron chi connectivity index (χ1n) is 4.20. The van der Waals surface area contributed by atoms with Gasteiger partial charge in [-0.2, -0.15) is 0 Å². The van der Waals surface area contributed by atoms with E-state index < -0.39 is 0 Å². The molecule has 13 heavy (non-hydrogen) atoms. The molecule has 3 heteroatoms. The van der Waals surface area contributed by atoms with E-state index in [1.807, 2.05) is 21.6 Å². The highest BCUT2D eigenvalue weighted by Gasteiger charge is 1.97. The van der Waals surface area contributed by atoms with Crippen LogP contribution < -0.4 is 0 Å². The summed E-state index contributed by atoms with van der Waals surface area (Å²) in [6, 6.07) is 8.40. The Morgan fingerprint density at radius 2 is 1.85 bits per heavy atom. The Hall–Kier alpha value is 0.210. The monoisotopic (exact) mass is 232 g/mol. The second-order valence-electron chi connectivity index (χ2n) is 3.01. The molecule has 0 aliphatic rings. The molecule has 1 aromatic rings. The van der Waals surface area contributed by atoms with Gasteiger partial charge in [0.25, 0.3) is 0 Å². The first-order valence-corrected chi connectivity index (χ1v) is 6.95. The van der Waals surface area contributed by atoms with E-state index in [-0.39, 0.29) is 0 Å². The number of rotatable bonds is 4. The van der Waals surface area contributed by atoms with Crippen LogP contribution in [0.4, 0.5) is 0 Å². The molecule has 0 heterocycles. The van der Waals surface area contributed by atoms with Crippen LogP contribution in [0.3, 0.4) is 0 Å². The van der Waals surface area contributed by atoms with Gasteiger partial charge in [0.2, 0.25) is 0 Å². The summed E-state index contributed by atoms with van der Waals surface area (Å²) in [7, 11) is 3.70. The van der Waals surface area contributed by atoms with E-state index in [9.17, 15) is 0 Å². The Kier molecular flexibility index (Phi) is 5.07. The predicted molar refractivity (Wildman–Crippen MR) is 64.6 cm³/mol. The molecule has 0 spiro atoms. The van der Waals surface area contributed by atoms with Crippen LogP contribution in [0.15, 0.2) is 29.2 Å². The summed E-state index contributed by atoms with van der Waals surface area (Å²) in [5, 5.41) is 0.665. The van der Waals surface area contributed by atoms with Crippen LogP contribution >= 0.6 is 33.2 Å². The van der Waals surface area contributed by atoms with Crippen molar-refractivity contribution in [2.75, 3.05) is 0 Å². The summed E-state index contributed by atoms with van der Waals surface area (Å²) in [6.07, 6.45) is 0. The minimum atomic E-state index is 0.599. The molecule has 72 valence electrons. The lowest BCUT2D eigenvalue weighted by molar-refractivity contribution is 1.12. The van der Waals surface area contributed by atoms with Gasteiger partial charge in [0, 0.05) is 16.0 Å². The number of alkyl halides is 1. The topological polar surface area (TPSA) is 0 Å². The summed E-state index contributed by atoms with van der Waals surface area (Å²) in [5.41, 5.74) is 1.18. The van der Waals surface area contributed by atoms with Crippen LogP contribution in [0.1, 0.15) is 19.4 Å². The van der Waals surface area contributed by atoms with Crippen molar-refractivity contribution in [1.82, 2.24) is 0 Å². The summed E-state index contributed by atoms with van der Waals surface area (Å²) in [5.74, 6) is 0.599. The quantitative estimate of drug-likeness (QED) is 0.551. The SMILES string of the molecule is CC(C)SSc1ccc(CCl)cc1. The van der Waals surface area contributed by atoms with Crippen LogP contribution in [-0.4, -0.2) is 5.25 Å². The smallest absolute Gasteiger partial charge is 0.0474 e. The molecular weight excluding hydrogens is 220 g/mol. The fourth-order valence-corrected chi connectivity index (χ4v) is 2.76. The summed E-state index contributed by atoms with van der Waals surface area (Å²) < 4.78 is 0. The highest BCUT2D eigenvalue weighted by Crippen LogP contribution is 2.34. The molecule has 0 atom stereocenters. The van der Waals surface area contributed by atoms with Gasteiger partial charge in [-0.3, -0.25) is 0 Å². The average Bonchev–Trinajstić information content (AvgIpc) is 2.15. The van der Waals surface area contributed by atoms with Gasteiger partial charge in [0.15, 0.2) is 0 Å². The zero-order chi connectivity index (χ0) is 9.68. The molecule has 0 amide bonds. The molecule has 0 aliphatic carbocycles. The van der Waals surface area contributed by atoms with Crippen molar-refractivity contribution in [2.45, 2.75) is 29.9 Å². The Balaban J connectivity index is 2.49. The largest absolute Gasteiger partial charge is 0.122 e. The highest BCUT2D eigenvalue weighted by atomic mass is 35.5. The lowest BCUT2D eigenvalue weighted by Gasteiger charge is -2.03. The average molecular weight is 233 g/mol. The fourth-order valence-electron chi connectivity index (χ4n) is 0.786. The number of halogens is 1. The van der Waals surface area contributed by atoms with E-state index >= 15 is 0 Å². The molecule has 0 nitrogen and oxygen atoms in total. The molecular formula is C10H13ClS2. The predicted octanol–water partition coefficient (Wildman–Crippen LogP) is 4.57. The van der Waals surface area contributed by atoms with E-state index in [1.54, 1.807) is 0 Å². The first kappa shape index (κ1) is 11.3. The van der Waals surface area contributed by atoms with Crippen LogP contribution in [0.5, 0.6) is 0 Å². The molecule has 0 N–H and O–H groups in total. The second-order valence-corrected chi connectivity index (χ2v) is 6.12. The van der Waals surface area contributed by atoms with Gasteiger partial charge >= 0.3 is 0 Å². The maximum atomic E-state index is 5.69. The minimum Gasteiger partial charge on any atom is -0.122 e. The molecule has 0 bridgehead atoms. The summed E-state index contributed by atoms with van der Waals surface area (Å²) in [4.78, 5) is 1.30. The van der Waals surface area contributed by atoms with Gasteiger partial charge < -0.3 is 0 Å². The summed E-state index contributed by atoms with van der Waals surface area (Å²) >= 11 is 5.69. The highest BCUT2D eigenvalue weighted by molar-refractivity contribution is 8.76. The van der Waals surface area contributed by atoms with Crippen molar-refractivity contribution in [3.63, 3.8) is 0 Å². The van der Waals surface area contributed by atoms with Crippen molar-refractivity contribution in [3.05, 3.63) is 29.8 Å². The Morgan fingerprint density at radius 1 is 1.23 bits per heavy atom. The van der Waals surface area contributed by atoms with Gasteiger partial charge in [0.05, 0.1) is 0 Å². The molecule has 1 rings (SSSR count). The zero-order valence-corrected chi connectivity index (χ0v) is 10.2. The zero-order valence-electron chi connectivity index (χ0n) is 7.79. The van der Waals surface area contributed by atoms with E-state index in [1.165, 1.54) is 10.5 Å². The van der Waals surface area contributed by atoms with E-state index in [0.717, 1.165) is 0 Å². The van der Waals surface area contributed by atoms with Gasteiger partial charge in [-0.25, -0.2) is 0 Å². The number of benzene rings is 1. The third kappa shape index (κ3) is 4.30. The molecule has 0 saturated carbocycles. The van der Waals surface area contributed by atoms with Gasteiger partial charge in [-0.05, 0) is 17.7 Å². The molecule has 0 aromatic heterocycles. The maximum Gasteiger partial charge on any atom is 0.0474 e. The third-order valence-corrected chi connectivity index (χ3v) is 4.69. The molecule has 0 unspecified atom stereocenters. The number of hydrogen-bond acceptors (Lipinski definition) is 2. The minimum absolute atomic E-state index is 0.599. The third-order valence-electron chi connectivity index (χ3n) is 1.41. The maximum absolute atomic E-state index is 5.69. The molecule has 0 aliphatic heterocycles. The molecule has 0 fully saturated rings. The van der Waals surface area contributed by atoms with Crippen molar-refractivity contribution < 1.29 is 0 Å². The van der Waals surface area contributed by atoms with E-state index in [0.29, 0.717) is 11.1 Å². The van der Waals surface area contributed by atoms with Crippen LogP contribution in [0, 0.1) is 0 Å². The standard InChI is InChI=1S/C10H13ClS2/c1-8(2)12-13-10-5-3-9(7-11)4-6-10/h3-6,8H,7H2,1-2H3. The van der Waals surface area contributed by atoms with Gasteiger partial charge in [-0.1, -0.05) is 47.6 Å². The summed E-state index contributed by atoms with van der Waals surface area (Å²) in [6.45, 7) is 4.40. The Labute approximate surface area is 92.8 Å². The normalized spacial score (nSPS) is 10.8. The van der Waals surface area contributed by atoms with Crippen LogP contribution in [-0.2, 0) is 5.88 Å². The lowest BCUT2D eigenvalue weighted by atomic mass is 10.2.